The van der Waals surface area contributed by atoms with Crippen molar-refractivity contribution in [2.75, 3.05) is 13.2 Å². The third kappa shape index (κ3) is 3.23. The van der Waals surface area contributed by atoms with Crippen molar-refractivity contribution in [2.24, 2.45) is 5.84 Å². The maximum absolute atomic E-state index is 5.72. The predicted molar refractivity (Wildman–Crippen MR) is 55.8 cm³/mol. The Labute approximate surface area is 88.4 Å². The summed E-state index contributed by atoms with van der Waals surface area (Å²) in [5.41, 5.74) is 3.47. The topological polar surface area (TPSA) is 60.2 Å². The quantitative estimate of drug-likeness (QED) is 0.574. The molecule has 0 amide bonds. The van der Waals surface area contributed by atoms with Crippen LogP contribution in [0.15, 0.2) is 18.3 Å². The summed E-state index contributed by atoms with van der Waals surface area (Å²) in [5, 5.41) is 0.612. The molecule has 78 valence electrons. The first kappa shape index (κ1) is 11.4. The van der Waals surface area contributed by atoms with Crippen LogP contribution in [0.2, 0.25) is 5.02 Å². The molecule has 4 nitrogen and oxygen atoms in total. The molecule has 0 aromatic carbocycles. The van der Waals surface area contributed by atoms with Crippen LogP contribution < -0.4 is 11.3 Å². The van der Waals surface area contributed by atoms with Gasteiger partial charge in [0.2, 0.25) is 0 Å². The van der Waals surface area contributed by atoms with Crippen molar-refractivity contribution < 1.29 is 4.74 Å². The summed E-state index contributed by atoms with van der Waals surface area (Å²) in [4.78, 5) is 4.15. The van der Waals surface area contributed by atoms with Crippen molar-refractivity contribution in [2.45, 2.75) is 13.0 Å². The summed E-state index contributed by atoms with van der Waals surface area (Å²) in [6.07, 6.45) is 1.59. The highest BCUT2D eigenvalue weighted by Gasteiger charge is 2.10. The van der Waals surface area contributed by atoms with Gasteiger partial charge in [-0.25, -0.2) is 5.43 Å². The zero-order chi connectivity index (χ0) is 10.4. The molecular weight excluding hydrogens is 202 g/mol. The van der Waals surface area contributed by atoms with Gasteiger partial charge in [-0.1, -0.05) is 11.6 Å². The van der Waals surface area contributed by atoms with Crippen LogP contribution in [0.1, 0.15) is 18.7 Å². The van der Waals surface area contributed by atoms with Crippen LogP contribution in [0.25, 0.3) is 0 Å². The van der Waals surface area contributed by atoms with Crippen LogP contribution in [0.4, 0.5) is 0 Å². The van der Waals surface area contributed by atoms with Crippen LogP contribution in [0.5, 0.6) is 0 Å². The molecule has 0 spiro atoms. The number of aromatic nitrogens is 1. The van der Waals surface area contributed by atoms with E-state index in [0.717, 1.165) is 5.69 Å². The smallest absolute Gasteiger partial charge is 0.0865 e. The van der Waals surface area contributed by atoms with Crippen molar-refractivity contribution in [3.05, 3.63) is 29.0 Å². The Kier molecular flexibility index (Phi) is 4.82. The standard InChI is InChI=1S/C9H14ClN3O/c1-2-14-6-9(13-11)8-4-3-7(10)5-12-8/h3-5,9,13H,2,6,11H2,1H3. The van der Waals surface area contributed by atoms with E-state index in [4.69, 9.17) is 22.2 Å². The van der Waals surface area contributed by atoms with Crippen molar-refractivity contribution >= 4 is 11.6 Å². The molecule has 0 saturated carbocycles. The summed E-state index contributed by atoms with van der Waals surface area (Å²) in [5.74, 6) is 5.38. The summed E-state index contributed by atoms with van der Waals surface area (Å²) in [6.45, 7) is 3.09. The maximum Gasteiger partial charge on any atom is 0.0865 e. The summed E-state index contributed by atoms with van der Waals surface area (Å²) in [6, 6.07) is 3.51. The SMILES string of the molecule is CCOCC(NN)c1ccc(Cl)cn1. The van der Waals surface area contributed by atoms with E-state index in [2.05, 4.69) is 10.4 Å². The molecule has 0 aliphatic heterocycles. The van der Waals surface area contributed by atoms with Gasteiger partial charge in [-0.15, -0.1) is 0 Å². The summed E-state index contributed by atoms with van der Waals surface area (Å²) >= 11 is 5.72. The Morgan fingerprint density at radius 2 is 2.43 bits per heavy atom. The molecule has 1 unspecified atom stereocenters. The van der Waals surface area contributed by atoms with E-state index < -0.39 is 0 Å². The number of hydrogen-bond donors (Lipinski definition) is 2. The minimum Gasteiger partial charge on any atom is -0.380 e. The number of nitrogens with one attached hydrogen (secondary N) is 1. The minimum absolute atomic E-state index is 0.0905. The van der Waals surface area contributed by atoms with E-state index in [0.29, 0.717) is 18.2 Å². The number of nitrogens with two attached hydrogens (primary N) is 1. The Hall–Kier alpha value is -0.680. The number of pyridine rings is 1. The fraction of sp³-hybridized carbons (Fsp3) is 0.444. The second-order valence-electron chi connectivity index (χ2n) is 2.78. The van der Waals surface area contributed by atoms with Gasteiger partial charge in [-0.05, 0) is 19.1 Å². The zero-order valence-electron chi connectivity index (χ0n) is 8.03. The molecule has 0 radical (unpaired) electrons. The molecule has 0 bridgehead atoms. The van der Waals surface area contributed by atoms with Gasteiger partial charge >= 0.3 is 0 Å². The van der Waals surface area contributed by atoms with E-state index >= 15 is 0 Å². The Morgan fingerprint density at radius 3 is 2.93 bits per heavy atom. The highest BCUT2D eigenvalue weighted by atomic mass is 35.5. The number of hydrogen-bond acceptors (Lipinski definition) is 4. The molecule has 1 heterocycles. The van der Waals surface area contributed by atoms with Gasteiger partial charge < -0.3 is 4.74 Å². The Morgan fingerprint density at radius 1 is 1.64 bits per heavy atom. The molecule has 1 rings (SSSR count). The molecule has 0 aliphatic carbocycles. The van der Waals surface area contributed by atoms with E-state index in [1.165, 1.54) is 0 Å². The van der Waals surface area contributed by atoms with Crippen molar-refractivity contribution in [1.29, 1.82) is 0 Å². The van der Waals surface area contributed by atoms with E-state index in [-0.39, 0.29) is 6.04 Å². The highest BCUT2D eigenvalue weighted by Crippen LogP contribution is 2.12. The molecule has 0 fully saturated rings. The molecule has 0 aliphatic rings. The summed E-state index contributed by atoms with van der Waals surface area (Å²) in [7, 11) is 0. The lowest BCUT2D eigenvalue weighted by atomic mass is 10.2. The normalized spacial score (nSPS) is 12.8. The summed E-state index contributed by atoms with van der Waals surface area (Å²) < 4.78 is 5.26. The average molecular weight is 216 g/mol. The van der Waals surface area contributed by atoms with Gasteiger partial charge in [-0.2, -0.15) is 0 Å². The first-order valence-corrected chi connectivity index (χ1v) is 4.81. The van der Waals surface area contributed by atoms with E-state index in [1.54, 1.807) is 12.3 Å². The van der Waals surface area contributed by atoms with Crippen LogP contribution >= 0.6 is 11.6 Å². The molecular formula is C9H14ClN3O. The number of halogens is 1. The fourth-order valence-corrected chi connectivity index (χ4v) is 1.16. The van der Waals surface area contributed by atoms with Gasteiger partial charge in [0, 0.05) is 12.8 Å². The molecule has 5 heteroatoms. The van der Waals surface area contributed by atoms with Crippen LogP contribution in [-0.2, 0) is 4.74 Å². The van der Waals surface area contributed by atoms with E-state index in [1.807, 2.05) is 13.0 Å². The lowest BCUT2D eigenvalue weighted by Crippen LogP contribution is -2.32. The fourth-order valence-electron chi connectivity index (χ4n) is 1.05. The Balaban J connectivity index is 2.64. The van der Waals surface area contributed by atoms with Gasteiger partial charge in [0.1, 0.15) is 0 Å². The first-order chi connectivity index (χ1) is 6.77. The number of ether oxygens (including phenoxy) is 1. The highest BCUT2D eigenvalue weighted by molar-refractivity contribution is 6.30. The second kappa shape index (κ2) is 5.93. The third-order valence-corrected chi connectivity index (χ3v) is 2.02. The van der Waals surface area contributed by atoms with E-state index in [9.17, 15) is 0 Å². The predicted octanol–water partition coefficient (Wildman–Crippen LogP) is 1.28. The average Bonchev–Trinajstić information content (AvgIpc) is 2.21. The van der Waals surface area contributed by atoms with Gasteiger partial charge in [-0.3, -0.25) is 10.8 Å². The van der Waals surface area contributed by atoms with Crippen molar-refractivity contribution in [1.82, 2.24) is 10.4 Å². The maximum atomic E-state index is 5.72. The number of rotatable bonds is 5. The largest absolute Gasteiger partial charge is 0.380 e. The molecule has 1 aromatic heterocycles. The first-order valence-electron chi connectivity index (χ1n) is 4.43. The molecule has 1 aromatic rings. The monoisotopic (exact) mass is 215 g/mol. The number of hydrazine groups is 1. The number of nitrogens with zero attached hydrogens (tertiary/aromatic N) is 1. The molecule has 3 N–H and O–H groups in total. The van der Waals surface area contributed by atoms with Gasteiger partial charge in [0.15, 0.2) is 0 Å². The van der Waals surface area contributed by atoms with Crippen LogP contribution in [0.3, 0.4) is 0 Å². The third-order valence-electron chi connectivity index (χ3n) is 1.80. The molecule has 0 saturated heterocycles. The van der Waals surface area contributed by atoms with Gasteiger partial charge in [0.05, 0.1) is 23.4 Å². The molecule has 1 atom stereocenters. The van der Waals surface area contributed by atoms with Crippen LogP contribution in [-0.4, -0.2) is 18.2 Å². The van der Waals surface area contributed by atoms with Crippen molar-refractivity contribution in [3.8, 4) is 0 Å². The zero-order valence-corrected chi connectivity index (χ0v) is 8.79. The Bertz CT molecular complexity index is 265. The lowest BCUT2D eigenvalue weighted by molar-refractivity contribution is 0.122. The molecule has 14 heavy (non-hydrogen) atoms. The van der Waals surface area contributed by atoms with Crippen molar-refractivity contribution in [3.63, 3.8) is 0 Å². The second-order valence-corrected chi connectivity index (χ2v) is 3.22. The van der Waals surface area contributed by atoms with Crippen LogP contribution in [0, 0.1) is 0 Å². The van der Waals surface area contributed by atoms with Gasteiger partial charge in [0.25, 0.3) is 0 Å². The lowest BCUT2D eigenvalue weighted by Gasteiger charge is -2.14. The minimum atomic E-state index is -0.0905.